The summed E-state index contributed by atoms with van der Waals surface area (Å²) in [7, 11) is 1.86. The number of alkyl halides is 2. The summed E-state index contributed by atoms with van der Waals surface area (Å²) in [5.41, 5.74) is 2.10. The van der Waals surface area contributed by atoms with Crippen molar-refractivity contribution >= 4 is 10.9 Å². The van der Waals surface area contributed by atoms with Gasteiger partial charge in [0.1, 0.15) is 12.4 Å². The first-order valence-electron chi connectivity index (χ1n) is 7.72. The first-order chi connectivity index (χ1) is 12.6. The van der Waals surface area contributed by atoms with Crippen LogP contribution >= 0.6 is 0 Å². The van der Waals surface area contributed by atoms with E-state index in [1.165, 1.54) is 6.20 Å². The van der Waals surface area contributed by atoms with Gasteiger partial charge in [-0.1, -0.05) is 6.07 Å². The minimum Gasteiger partial charge on any atom is -0.487 e. The van der Waals surface area contributed by atoms with Gasteiger partial charge in [0.25, 0.3) is 5.89 Å². The molecule has 0 saturated heterocycles. The van der Waals surface area contributed by atoms with Crippen molar-refractivity contribution in [2.75, 3.05) is 0 Å². The van der Waals surface area contributed by atoms with Crippen LogP contribution in [0.15, 0.2) is 47.1 Å². The summed E-state index contributed by atoms with van der Waals surface area (Å²) in [5.74, 6) is -0.00248. The number of hydrogen-bond donors (Lipinski definition) is 0. The van der Waals surface area contributed by atoms with Gasteiger partial charge >= 0.3 is 6.43 Å². The molecule has 0 amide bonds. The Morgan fingerprint density at radius 3 is 2.77 bits per heavy atom. The molecule has 0 radical (unpaired) electrons. The minimum atomic E-state index is -2.80. The van der Waals surface area contributed by atoms with Gasteiger partial charge in [0.2, 0.25) is 5.89 Å². The van der Waals surface area contributed by atoms with Crippen molar-refractivity contribution in [2.24, 2.45) is 7.05 Å². The molecule has 0 fully saturated rings. The number of rotatable bonds is 5. The molecule has 1 aromatic carbocycles. The fraction of sp³-hybridized carbons (Fsp3) is 0.176. The standard InChI is InChI=1S/C17H13F2N5O2/c1-24-13-3-2-4-14(12(13)8-21-24)25-9-11-6-5-10(7-20-11)16-22-23-17(26-16)15(18)19/h2-8,15H,9H2,1H3. The lowest BCUT2D eigenvalue weighted by Crippen LogP contribution is -1.98. The SMILES string of the molecule is Cn1ncc2c(OCc3ccc(-c4nnc(C(F)F)o4)cn3)cccc21. The van der Waals surface area contributed by atoms with Crippen LogP contribution in [0.1, 0.15) is 18.0 Å². The Morgan fingerprint density at radius 1 is 1.15 bits per heavy atom. The molecule has 4 aromatic rings. The highest BCUT2D eigenvalue weighted by atomic mass is 19.3. The van der Waals surface area contributed by atoms with E-state index >= 15 is 0 Å². The molecule has 4 rings (SSSR count). The van der Waals surface area contributed by atoms with Crippen molar-refractivity contribution in [2.45, 2.75) is 13.0 Å². The number of hydrogen-bond acceptors (Lipinski definition) is 6. The molecular weight excluding hydrogens is 344 g/mol. The number of aryl methyl sites for hydroxylation is 1. The molecule has 3 aromatic heterocycles. The molecule has 0 atom stereocenters. The molecule has 0 unspecified atom stereocenters. The quantitative estimate of drug-likeness (QED) is 0.544. The highest BCUT2D eigenvalue weighted by Crippen LogP contribution is 2.26. The average molecular weight is 357 g/mol. The summed E-state index contributed by atoms with van der Waals surface area (Å²) in [5, 5.41) is 12.0. The van der Waals surface area contributed by atoms with Crippen LogP contribution in [0.25, 0.3) is 22.4 Å². The van der Waals surface area contributed by atoms with Crippen LogP contribution in [0.2, 0.25) is 0 Å². The van der Waals surface area contributed by atoms with E-state index in [1.54, 1.807) is 23.0 Å². The second kappa shape index (κ2) is 6.51. The van der Waals surface area contributed by atoms with Crippen molar-refractivity contribution in [3.8, 4) is 17.2 Å². The van der Waals surface area contributed by atoms with E-state index in [2.05, 4.69) is 20.3 Å². The second-order valence-electron chi connectivity index (χ2n) is 5.53. The smallest absolute Gasteiger partial charge is 0.314 e. The Labute approximate surface area is 146 Å². The molecule has 26 heavy (non-hydrogen) atoms. The van der Waals surface area contributed by atoms with E-state index in [0.29, 0.717) is 17.0 Å². The second-order valence-corrected chi connectivity index (χ2v) is 5.53. The molecule has 0 spiro atoms. The molecule has 0 aliphatic carbocycles. The zero-order chi connectivity index (χ0) is 18.1. The van der Waals surface area contributed by atoms with Gasteiger partial charge < -0.3 is 9.15 Å². The number of benzene rings is 1. The Morgan fingerprint density at radius 2 is 2.04 bits per heavy atom. The molecule has 0 aliphatic heterocycles. The third-order valence-corrected chi connectivity index (χ3v) is 3.83. The zero-order valence-corrected chi connectivity index (χ0v) is 13.6. The Bertz CT molecular complexity index is 1040. The summed E-state index contributed by atoms with van der Waals surface area (Å²) >= 11 is 0. The first-order valence-corrected chi connectivity index (χ1v) is 7.72. The normalized spacial score (nSPS) is 11.4. The monoisotopic (exact) mass is 357 g/mol. The summed E-state index contributed by atoms with van der Waals surface area (Å²) in [4.78, 5) is 4.25. The van der Waals surface area contributed by atoms with Crippen molar-refractivity contribution in [1.82, 2.24) is 25.0 Å². The molecule has 0 bridgehead atoms. The molecule has 7 nitrogen and oxygen atoms in total. The van der Waals surface area contributed by atoms with Crippen LogP contribution in [0.3, 0.4) is 0 Å². The lowest BCUT2D eigenvalue weighted by atomic mass is 10.2. The van der Waals surface area contributed by atoms with Gasteiger partial charge in [-0.05, 0) is 24.3 Å². The van der Waals surface area contributed by atoms with E-state index in [-0.39, 0.29) is 12.5 Å². The van der Waals surface area contributed by atoms with E-state index < -0.39 is 12.3 Å². The van der Waals surface area contributed by atoms with Crippen molar-refractivity contribution in [1.29, 1.82) is 0 Å². The Balaban J connectivity index is 1.48. The largest absolute Gasteiger partial charge is 0.487 e. The summed E-state index contributed by atoms with van der Waals surface area (Å²) in [6.07, 6.45) is 0.427. The molecule has 9 heteroatoms. The lowest BCUT2D eigenvalue weighted by molar-refractivity contribution is 0.116. The van der Waals surface area contributed by atoms with Gasteiger partial charge in [-0.3, -0.25) is 9.67 Å². The van der Waals surface area contributed by atoms with Gasteiger partial charge in [0, 0.05) is 13.2 Å². The topological polar surface area (TPSA) is 78.9 Å². The Hall–Kier alpha value is -3.36. The number of pyridine rings is 1. The third kappa shape index (κ3) is 2.99. The van der Waals surface area contributed by atoms with Crippen LogP contribution in [-0.2, 0) is 13.7 Å². The van der Waals surface area contributed by atoms with Crippen molar-refractivity contribution < 1.29 is 17.9 Å². The first kappa shape index (κ1) is 16.1. The molecule has 3 heterocycles. The molecule has 0 aliphatic rings. The van der Waals surface area contributed by atoms with Gasteiger partial charge in [0.05, 0.1) is 28.4 Å². The van der Waals surface area contributed by atoms with Crippen LogP contribution in [0.5, 0.6) is 5.75 Å². The average Bonchev–Trinajstić information content (AvgIpc) is 3.29. The van der Waals surface area contributed by atoms with E-state index in [1.807, 2.05) is 25.2 Å². The maximum atomic E-state index is 12.5. The highest BCUT2D eigenvalue weighted by molar-refractivity contribution is 5.85. The lowest BCUT2D eigenvalue weighted by Gasteiger charge is -2.07. The van der Waals surface area contributed by atoms with Crippen LogP contribution < -0.4 is 4.74 Å². The van der Waals surface area contributed by atoms with E-state index in [0.717, 1.165) is 10.9 Å². The number of ether oxygens (including phenoxy) is 1. The predicted octanol–water partition coefficient (Wildman–Crippen LogP) is 3.53. The van der Waals surface area contributed by atoms with Crippen LogP contribution in [-0.4, -0.2) is 25.0 Å². The molecule has 0 N–H and O–H groups in total. The highest BCUT2D eigenvalue weighted by Gasteiger charge is 2.17. The van der Waals surface area contributed by atoms with Gasteiger partial charge in [-0.15, -0.1) is 10.2 Å². The zero-order valence-electron chi connectivity index (χ0n) is 13.6. The van der Waals surface area contributed by atoms with Crippen molar-refractivity contribution in [3.63, 3.8) is 0 Å². The van der Waals surface area contributed by atoms with Gasteiger partial charge in [-0.2, -0.15) is 13.9 Å². The van der Waals surface area contributed by atoms with E-state index in [9.17, 15) is 8.78 Å². The molecule has 0 saturated carbocycles. The maximum absolute atomic E-state index is 12.5. The number of aromatic nitrogens is 5. The fourth-order valence-corrected chi connectivity index (χ4v) is 2.50. The van der Waals surface area contributed by atoms with Crippen LogP contribution in [0.4, 0.5) is 8.78 Å². The predicted molar refractivity (Wildman–Crippen MR) is 87.5 cm³/mol. The maximum Gasteiger partial charge on any atom is 0.314 e. The number of fused-ring (bicyclic) bond motifs is 1. The molecular formula is C17H13F2N5O2. The third-order valence-electron chi connectivity index (χ3n) is 3.83. The summed E-state index contributed by atoms with van der Waals surface area (Å²) in [6, 6.07) is 9.10. The van der Waals surface area contributed by atoms with Gasteiger partial charge in [-0.25, -0.2) is 0 Å². The Kier molecular flexibility index (Phi) is 4.04. The van der Waals surface area contributed by atoms with Crippen molar-refractivity contribution in [3.05, 3.63) is 54.3 Å². The van der Waals surface area contributed by atoms with Crippen LogP contribution in [0, 0.1) is 0 Å². The van der Waals surface area contributed by atoms with Gasteiger partial charge in [0.15, 0.2) is 0 Å². The number of halogens is 2. The molecule has 132 valence electrons. The fourth-order valence-electron chi connectivity index (χ4n) is 2.50. The minimum absolute atomic E-state index is 0.000367. The summed E-state index contributed by atoms with van der Waals surface area (Å²) < 4.78 is 37.5. The summed E-state index contributed by atoms with van der Waals surface area (Å²) in [6.45, 7) is 0.250. The van der Waals surface area contributed by atoms with E-state index in [4.69, 9.17) is 9.15 Å². The number of nitrogens with zero attached hydrogens (tertiary/aromatic N) is 5.